The lowest BCUT2D eigenvalue weighted by Crippen LogP contribution is -2.05. The maximum atomic E-state index is 9.30. The molecular weight excluding hydrogens is 294 g/mol. The van der Waals surface area contributed by atoms with Crippen molar-refractivity contribution < 1.29 is 14.4 Å². The van der Waals surface area contributed by atoms with Crippen LogP contribution in [-0.4, -0.2) is 28.4 Å². The Morgan fingerprint density at radius 1 is 1.00 bits per heavy atom. The molecule has 118 valence electrons. The van der Waals surface area contributed by atoms with E-state index >= 15 is 0 Å². The Morgan fingerprint density at radius 3 is 2.39 bits per heavy atom. The summed E-state index contributed by atoms with van der Waals surface area (Å²) in [6.07, 6.45) is 0.822. The van der Waals surface area contributed by atoms with E-state index in [4.69, 9.17) is 15.0 Å². The van der Waals surface area contributed by atoms with Crippen LogP contribution in [-0.2, 0) is 0 Å². The quantitative estimate of drug-likeness (QED) is 0.680. The third kappa shape index (κ3) is 3.67. The summed E-state index contributed by atoms with van der Waals surface area (Å²) in [6.45, 7) is 1.21. The molecule has 0 aliphatic heterocycles. The number of benzene rings is 2. The highest BCUT2D eigenvalue weighted by molar-refractivity contribution is 5.60. The summed E-state index contributed by atoms with van der Waals surface area (Å²) in [4.78, 5) is 4.37. The van der Waals surface area contributed by atoms with Crippen molar-refractivity contribution in [1.29, 1.82) is 0 Å². The van der Waals surface area contributed by atoms with Gasteiger partial charge in [0.15, 0.2) is 0 Å². The molecule has 6 heteroatoms. The van der Waals surface area contributed by atoms with Gasteiger partial charge in [-0.25, -0.2) is 0 Å². The molecule has 0 fully saturated rings. The maximum Gasteiger partial charge on any atom is 0.258 e. The average molecular weight is 311 g/mol. The van der Waals surface area contributed by atoms with Crippen LogP contribution in [0.3, 0.4) is 0 Å². The van der Waals surface area contributed by atoms with Gasteiger partial charge in [0.05, 0.1) is 6.61 Å². The van der Waals surface area contributed by atoms with Crippen LogP contribution >= 0.6 is 0 Å². The second-order valence-corrected chi connectivity index (χ2v) is 4.99. The Balaban J connectivity index is 1.73. The number of nitrogens with zero attached hydrogens (tertiary/aromatic N) is 2. The molecule has 0 amide bonds. The van der Waals surface area contributed by atoms with Crippen LogP contribution < -0.4 is 10.5 Å². The molecule has 0 spiro atoms. The van der Waals surface area contributed by atoms with Gasteiger partial charge in [-0.05, 0) is 61.5 Å². The van der Waals surface area contributed by atoms with Gasteiger partial charge in [0, 0.05) is 11.1 Å². The second-order valence-electron chi connectivity index (χ2n) is 4.99. The zero-order valence-electron chi connectivity index (χ0n) is 12.5. The first-order valence-electron chi connectivity index (χ1n) is 7.32. The maximum absolute atomic E-state index is 9.30. The van der Waals surface area contributed by atoms with Crippen molar-refractivity contribution in [2.45, 2.75) is 6.42 Å². The van der Waals surface area contributed by atoms with Crippen LogP contribution in [0.15, 0.2) is 53.1 Å². The fourth-order valence-corrected chi connectivity index (χ4v) is 2.04. The first-order chi connectivity index (χ1) is 11.3. The molecule has 3 rings (SSSR count). The summed E-state index contributed by atoms with van der Waals surface area (Å²) in [5, 5.41) is 13.3. The number of aromatic hydroxyl groups is 1. The predicted octanol–water partition coefficient (Wildman–Crippen LogP) is 2.84. The first-order valence-corrected chi connectivity index (χ1v) is 7.32. The van der Waals surface area contributed by atoms with E-state index in [1.54, 1.807) is 24.3 Å². The Kier molecular flexibility index (Phi) is 4.54. The summed E-state index contributed by atoms with van der Waals surface area (Å²) in [7, 11) is 0. The highest BCUT2D eigenvalue weighted by atomic mass is 16.5. The van der Waals surface area contributed by atoms with Gasteiger partial charge in [-0.1, -0.05) is 5.16 Å². The highest BCUT2D eigenvalue weighted by Gasteiger charge is 2.10. The predicted molar refractivity (Wildman–Crippen MR) is 86.0 cm³/mol. The summed E-state index contributed by atoms with van der Waals surface area (Å²) < 4.78 is 10.8. The van der Waals surface area contributed by atoms with Crippen molar-refractivity contribution in [3.63, 3.8) is 0 Å². The first kappa shape index (κ1) is 15.1. The minimum Gasteiger partial charge on any atom is -0.508 e. The molecule has 0 bridgehead atoms. The Hall–Kier alpha value is -2.86. The monoisotopic (exact) mass is 311 g/mol. The Labute approximate surface area is 133 Å². The molecule has 0 saturated heterocycles. The molecule has 0 radical (unpaired) electrons. The van der Waals surface area contributed by atoms with Crippen LogP contribution in [0.1, 0.15) is 6.42 Å². The minimum absolute atomic E-state index is 0.193. The molecule has 0 atom stereocenters. The van der Waals surface area contributed by atoms with Crippen LogP contribution in [0, 0.1) is 0 Å². The lowest BCUT2D eigenvalue weighted by atomic mass is 10.2. The summed E-state index contributed by atoms with van der Waals surface area (Å²) in [6, 6.07) is 14.1. The fraction of sp³-hybridized carbons (Fsp3) is 0.176. The molecule has 0 unspecified atom stereocenters. The van der Waals surface area contributed by atoms with Crippen molar-refractivity contribution in [2.24, 2.45) is 5.73 Å². The van der Waals surface area contributed by atoms with Gasteiger partial charge in [-0.3, -0.25) is 0 Å². The number of phenolic OH excluding ortho intramolecular Hbond substituents is 1. The van der Waals surface area contributed by atoms with Crippen molar-refractivity contribution in [3.05, 3.63) is 48.5 Å². The third-order valence-electron chi connectivity index (χ3n) is 3.27. The van der Waals surface area contributed by atoms with E-state index in [9.17, 15) is 5.11 Å². The number of rotatable bonds is 6. The van der Waals surface area contributed by atoms with Crippen LogP contribution in [0.4, 0.5) is 0 Å². The van der Waals surface area contributed by atoms with Crippen molar-refractivity contribution in [3.8, 4) is 34.3 Å². The van der Waals surface area contributed by atoms with Gasteiger partial charge in [0.1, 0.15) is 11.5 Å². The second kappa shape index (κ2) is 6.93. The molecule has 23 heavy (non-hydrogen) atoms. The molecule has 6 nitrogen and oxygen atoms in total. The molecule has 2 aromatic carbocycles. The van der Waals surface area contributed by atoms with E-state index in [0.29, 0.717) is 24.9 Å². The lowest BCUT2D eigenvalue weighted by Gasteiger charge is -2.04. The SMILES string of the molecule is NCCCOc1ccc(-c2noc(-c3ccc(O)cc3)n2)cc1. The largest absolute Gasteiger partial charge is 0.508 e. The Morgan fingerprint density at radius 2 is 1.70 bits per heavy atom. The van der Waals surface area contributed by atoms with Crippen molar-refractivity contribution in [2.75, 3.05) is 13.2 Å². The number of ether oxygens (including phenoxy) is 1. The lowest BCUT2D eigenvalue weighted by molar-refractivity contribution is 0.313. The number of nitrogens with two attached hydrogens (primary N) is 1. The minimum atomic E-state index is 0.193. The van der Waals surface area contributed by atoms with Crippen molar-refractivity contribution in [1.82, 2.24) is 10.1 Å². The van der Waals surface area contributed by atoms with Crippen LogP contribution in [0.25, 0.3) is 22.8 Å². The number of phenols is 1. The van der Waals surface area contributed by atoms with Gasteiger partial charge >= 0.3 is 0 Å². The number of aromatic nitrogens is 2. The van der Waals surface area contributed by atoms with E-state index in [2.05, 4.69) is 10.1 Å². The van der Waals surface area contributed by atoms with Gasteiger partial charge in [0.2, 0.25) is 5.82 Å². The molecule has 3 aromatic rings. The van der Waals surface area contributed by atoms with E-state index in [0.717, 1.165) is 23.3 Å². The third-order valence-corrected chi connectivity index (χ3v) is 3.27. The summed E-state index contributed by atoms with van der Waals surface area (Å²) >= 11 is 0. The molecule has 0 aliphatic carbocycles. The van der Waals surface area contributed by atoms with Crippen LogP contribution in [0.5, 0.6) is 11.5 Å². The highest BCUT2D eigenvalue weighted by Crippen LogP contribution is 2.25. The van der Waals surface area contributed by atoms with E-state index in [1.165, 1.54) is 0 Å². The van der Waals surface area contributed by atoms with Gasteiger partial charge in [0.25, 0.3) is 5.89 Å². The molecule has 0 saturated carbocycles. The Bertz CT molecular complexity index is 752. The summed E-state index contributed by atoms with van der Waals surface area (Å²) in [5.74, 6) is 1.88. The molecule has 1 aromatic heterocycles. The molecular formula is C17H17N3O3. The van der Waals surface area contributed by atoms with Gasteiger partial charge < -0.3 is 20.1 Å². The smallest absolute Gasteiger partial charge is 0.258 e. The topological polar surface area (TPSA) is 94.4 Å². The van der Waals surface area contributed by atoms with Crippen LogP contribution in [0.2, 0.25) is 0 Å². The zero-order valence-corrected chi connectivity index (χ0v) is 12.5. The fourth-order valence-electron chi connectivity index (χ4n) is 2.04. The molecule has 1 heterocycles. The number of hydrogen-bond donors (Lipinski definition) is 2. The molecule has 3 N–H and O–H groups in total. The van der Waals surface area contributed by atoms with E-state index in [-0.39, 0.29) is 5.75 Å². The standard InChI is InChI=1S/C17H17N3O3/c18-10-1-11-22-15-8-4-12(5-9-15)16-19-17(23-20-16)13-2-6-14(21)7-3-13/h2-9,21H,1,10-11,18H2. The average Bonchev–Trinajstić information content (AvgIpc) is 3.06. The van der Waals surface area contributed by atoms with E-state index in [1.807, 2.05) is 24.3 Å². The summed E-state index contributed by atoms with van der Waals surface area (Å²) in [5.41, 5.74) is 7.02. The van der Waals surface area contributed by atoms with Gasteiger partial charge in [-0.2, -0.15) is 4.98 Å². The molecule has 0 aliphatic rings. The number of hydrogen-bond acceptors (Lipinski definition) is 6. The zero-order chi connectivity index (χ0) is 16.1. The van der Waals surface area contributed by atoms with Crippen molar-refractivity contribution >= 4 is 0 Å². The van der Waals surface area contributed by atoms with E-state index < -0.39 is 0 Å². The normalized spacial score (nSPS) is 10.7. The van der Waals surface area contributed by atoms with Gasteiger partial charge in [-0.15, -0.1) is 0 Å².